The largest absolute Gasteiger partial charge is 0.298 e. The van der Waals surface area contributed by atoms with Crippen LogP contribution in [0.15, 0.2) is 22.7 Å². The Bertz CT molecular complexity index is 366. The molecule has 0 atom stereocenters. The van der Waals surface area contributed by atoms with Crippen molar-refractivity contribution in [2.75, 3.05) is 5.33 Å². The summed E-state index contributed by atoms with van der Waals surface area (Å²) in [6, 6.07) is 4.38. The molecule has 1 aromatic carbocycles. The number of Topliss-reactive ketones (excluding diaryl/α,β-unsaturated/α-hetero) is 1. The fraction of sp³-hybridized carbons (Fsp3) is 0.300. The smallest absolute Gasteiger partial charge is 0.263 e. The van der Waals surface area contributed by atoms with Crippen LogP contribution in [0.4, 0.5) is 8.78 Å². The minimum Gasteiger partial charge on any atom is -0.298 e. The Morgan fingerprint density at radius 2 is 2.00 bits per heavy atom. The highest BCUT2D eigenvalue weighted by atomic mass is 79.9. The standard InChI is InChI=1S/C10H8Br2F2O/c11-5-9(15)3-6-1-7(10(13)14)4-8(12)2-6/h1-2,4,10H,3,5H2. The molecule has 0 aromatic heterocycles. The summed E-state index contributed by atoms with van der Waals surface area (Å²) in [5, 5.41) is 0.240. The molecule has 0 aliphatic carbocycles. The molecule has 1 aromatic rings. The number of alkyl halides is 3. The molecule has 0 aliphatic rings. The van der Waals surface area contributed by atoms with Gasteiger partial charge in [0.05, 0.1) is 5.33 Å². The van der Waals surface area contributed by atoms with Gasteiger partial charge in [-0.3, -0.25) is 4.79 Å². The highest BCUT2D eigenvalue weighted by Crippen LogP contribution is 2.24. The predicted octanol–water partition coefficient (Wildman–Crippen LogP) is 3.89. The molecule has 0 bridgehead atoms. The van der Waals surface area contributed by atoms with Crippen LogP contribution in [0.1, 0.15) is 17.6 Å². The average molecular weight is 342 g/mol. The van der Waals surface area contributed by atoms with Crippen molar-refractivity contribution in [2.24, 2.45) is 0 Å². The van der Waals surface area contributed by atoms with Crippen molar-refractivity contribution >= 4 is 37.6 Å². The van der Waals surface area contributed by atoms with E-state index in [4.69, 9.17) is 0 Å². The van der Waals surface area contributed by atoms with Gasteiger partial charge in [0.15, 0.2) is 0 Å². The summed E-state index contributed by atoms with van der Waals surface area (Å²) < 4.78 is 25.4. The maximum absolute atomic E-state index is 12.4. The number of carbonyl (C=O) groups is 1. The van der Waals surface area contributed by atoms with E-state index in [-0.39, 0.29) is 23.1 Å². The monoisotopic (exact) mass is 340 g/mol. The fourth-order valence-electron chi connectivity index (χ4n) is 1.18. The van der Waals surface area contributed by atoms with E-state index in [0.717, 1.165) is 0 Å². The summed E-state index contributed by atoms with van der Waals surface area (Å²) in [6.07, 6.45) is -2.34. The molecule has 5 heteroatoms. The highest BCUT2D eigenvalue weighted by Gasteiger charge is 2.10. The van der Waals surface area contributed by atoms with Crippen LogP contribution in [-0.4, -0.2) is 11.1 Å². The van der Waals surface area contributed by atoms with Crippen LogP contribution in [0.5, 0.6) is 0 Å². The Labute approximate surface area is 103 Å². The first kappa shape index (κ1) is 12.8. The van der Waals surface area contributed by atoms with Gasteiger partial charge in [-0.05, 0) is 23.8 Å². The van der Waals surface area contributed by atoms with Crippen LogP contribution in [0.25, 0.3) is 0 Å². The number of ketones is 1. The quantitative estimate of drug-likeness (QED) is 0.759. The molecular weight excluding hydrogens is 334 g/mol. The van der Waals surface area contributed by atoms with E-state index in [2.05, 4.69) is 31.9 Å². The van der Waals surface area contributed by atoms with E-state index in [0.29, 0.717) is 10.0 Å². The van der Waals surface area contributed by atoms with Gasteiger partial charge in [0.25, 0.3) is 6.43 Å². The first-order valence-corrected chi connectivity index (χ1v) is 6.09. The van der Waals surface area contributed by atoms with Gasteiger partial charge in [-0.25, -0.2) is 8.78 Å². The summed E-state index contributed by atoms with van der Waals surface area (Å²) in [5.41, 5.74) is 0.533. The van der Waals surface area contributed by atoms with Gasteiger partial charge in [0.2, 0.25) is 0 Å². The number of hydrogen-bond donors (Lipinski definition) is 0. The SMILES string of the molecule is O=C(CBr)Cc1cc(Br)cc(C(F)F)c1. The molecule has 1 nitrogen and oxygen atoms in total. The average Bonchev–Trinajstić information content (AvgIpc) is 2.16. The van der Waals surface area contributed by atoms with Gasteiger partial charge < -0.3 is 0 Å². The van der Waals surface area contributed by atoms with Crippen molar-refractivity contribution in [3.8, 4) is 0 Å². The van der Waals surface area contributed by atoms with Crippen molar-refractivity contribution in [1.82, 2.24) is 0 Å². The molecular formula is C10H8Br2F2O. The summed E-state index contributed by atoms with van der Waals surface area (Å²) in [7, 11) is 0. The predicted molar refractivity (Wildman–Crippen MR) is 61.6 cm³/mol. The minimum absolute atomic E-state index is 0.0340. The van der Waals surface area contributed by atoms with Crippen molar-refractivity contribution in [1.29, 1.82) is 0 Å². The summed E-state index contributed by atoms with van der Waals surface area (Å²) in [6.45, 7) is 0. The molecule has 0 heterocycles. The van der Waals surface area contributed by atoms with E-state index < -0.39 is 6.43 Å². The highest BCUT2D eigenvalue weighted by molar-refractivity contribution is 9.10. The van der Waals surface area contributed by atoms with Crippen LogP contribution >= 0.6 is 31.9 Å². The zero-order chi connectivity index (χ0) is 11.4. The third-order valence-corrected chi connectivity index (χ3v) is 2.87. The van der Waals surface area contributed by atoms with E-state index in [1.165, 1.54) is 12.1 Å². The van der Waals surface area contributed by atoms with Crippen LogP contribution in [0, 0.1) is 0 Å². The van der Waals surface area contributed by atoms with E-state index in [1.54, 1.807) is 6.07 Å². The molecule has 15 heavy (non-hydrogen) atoms. The second-order valence-electron chi connectivity index (χ2n) is 3.04. The first-order valence-electron chi connectivity index (χ1n) is 4.18. The molecule has 0 radical (unpaired) electrons. The van der Waals surface area contributed by atoms with E-state index in [1.807, 2.05) is 0 Å². The maximum atomic E-state index is 12.4. The Morgan fingerprint density at radius 3 is 2.53 bits per heavy atom. The number of halogens is 4. The maximum Gasteiger partial charge on any atom is 0.263 e. The van der Waals surface area contributed by atoms with Gasteiger partial charge in [-0.1, -0.05) is 31.9 Å². The lowest BCUT2D eigenvalue weighted by Gasteiger charge is -2.05. The molecule has 0 saturated heterocycles. The Hall–Kier alpha value is -0.290. The lowest BCUT2D eigenvalue weighted by atomic mass is 10.1. The first-order chi connectivity index (χ1) is 7.02. The Balaban J connectivity index is 2.93. The van der Waals surface area contributed by atoms with Crippen molar-refractivity contribution in [3.05, 3.63) is 33.8 Å². The molecule has 1 rings (SSSR count). The van der Waals surface area contributed by atoms with Gasteiger partial charge in [0, 0.05) is 16.5 Å². The third-order valence-electron chi connectivity index (χ3n) is 1.78. The Morgan fingerprint density at radius 1 is 1.33 bits per heavy atom. The molecule has 0 aliphatic heterocycles. The normalized spacial score (nSPS) is 10.7. The zero-order valence-corrected chi connectivity index (χ0v) is 10.8. The van der Waals surface area contributed by atoms with Crippen LogP contribution in [0.2, 0.25) is 0 Å². The van der Waals surface area contributed by atoms with Gasteiger partial charge >= 0.3 is 0 Å². The van der Waals surface area contributed by atoms with Crippen LogP contribution in [0.3, 0.4) is 0 Å². The number of carbonyl (C=O) groups excluding carboxylic acids is 1. The molecule has 0 N–H and O–H groups in total. The topological polar surface area (TPSA) is 17.1 Å². The molecule has 82 valence electrons. The second kappa shape index (κ2) is 5.70. The minimum atomic E-state index is -2.51. The fourth-order valence-corrected chi connectivity index (χ4v) is 1.93. The van der Waals surface area contributed by atoms with Crippen molar-refractivity contribution in [2.45, 2.75) is 12.8 Å². The number of hydrogen-bond acceptors (Lipinski definition) is 1. The molecule has 0 spiro atoms. The van der Waals surface area contributed by atoms with Crippen LogP contribution < -0.4 is 0 Å². The van der Waals surface area contributed by atoms with Crippen LogP contribution in [-0.2, 0) is 11.2 Å². The summed E-state index contributed by atoms with van der Waals surface area (Å²) >= 11 is 6.17. The van der Waals surface area contributed by atoms with E-state index in [9.17, 15) is 13.6 Å². The zero-order valence-electron chi connectivity index (χ0n) is 7.64. The number of benzene rings is 1. The van der Waals surface area contributed by atoms with E-state index >= 15 is 0 Å². The van der Waals surface area contributed by atoms with Gasteiger partial charge in [0.1, 0.15) is 5.78 Å². The van der Waals surface area contributed by atoms with Gasteiger partial charge in [-0.2, -0.15) is 0 Å². The van der Waals surface area contributed by atoms with Gasteiger partial charge in [-0.15, -0.1) is 0 Å². The lowest BCUT2D eigenvalue weighted by molar-refractivity contribution is -0.115. The van der Waals surface area contributed by atoms with Crippen molar-refractivity contribution < 1.29 is 13.6 Å². The molecule has 0 amide bonds. The Kier molecular flexibility index (Phi) is 4.86. The summed E-state index contributed by atoms with van der Waals surface area (Å²) in [4.78, 5) is 11.1. The third kappa shape index (κ3) is 3.99. The number of rotatable bonds is 4. The second-order valence-corrected chi connectivity index (χ2v) is 4.52. The molecule has 0 unspecified atom stereocenters. The lowest BCUT2D eigenvalue weighted by Crippen LogP contribution is -2.04. The molecule has 0 saturated carbocycles. The molecule has 0 fully saturated rings. The summed E-state index contributed by atoms with van der Waals surface area (Å²) in [5.74, 6) is -0.0340. The van der Waals surface area contributed by atoms with Crippen molar-refractivity contribution in [3.63, 3.8) is 0 Å².